The predicted molar refractivity (Wildman–Crippen MR) is 181 cm³/mol. The summed E-state index contributed by atoms with van der Waals surface area (Å²) in [6, 6.07) is 21.7. The van der Waals surface area contributed by atoms with Crippen LogP contribution in [0.25, 0.3) is 23.1 Å². The molecule has 0 saturated carbocycles. The number of hydrogen-bond acceptors (Lipinski definition) is 10. The van der Waals surface area contributed by atoms with Gasteiger partial charge in [-0.2, -0.15) is 0 Å². The van der Waals surface area contributed by atoms with Crippen molar-refractivity contribution in [3.63, 3.8) is 0 Å². The molecule has 244 valence electrons. The first-order valence-corrected chi connectivity index (χ1v) is 16.0. The minimum Gasteiger partial charge on any atom is -0.493 e. The smallest absolute Gasteiger partial charge is 0.338 e. The Bertz CT molecular complexity index is 2250. The Morgan fingerprint density at radius 3 is 2.44 bits per heavy atom. The monoisotopic (exact) mass is 684 g/mol. The number of nitrogens with zero attached hydrogens (tertiary/aromatic N) is 2. The lowest BCUT2D eigenvalue weighted by Crippen LogP contribution is -2.40. The minimum absolute atomic E-state index is 0.124. The zero-order valence-corrected chi connectivity index (χ0v) is 27.9. The fourth-order valence-electron chi connectivity index (χ4n) is 5.49. The summed E-state index contributed by atoms with van der Waals surface area (Å²) in [5.74, 6) is 0.469. The van der Waals surface area contributed by atoms with E-state index in [1.165, 1.54) is 25.9 Å². The molecule has 0 unspecified atom stereocenters. The van der Waals surface area contributed by atoms with E-state index in [4.69, 9.17) is 40.0 Å². The van der Waals surface area contributed by atoms with Crippen LogP contribution in [0.5, 0.6) is 11.5 Å². The first-order chi connectivity index (χ1) is 23.3. The highest BCUT2D eigenvalue weighted by atomic mass is 35.5. The van der Waals surface area contributed by atoms with E-state index in [1.54, 1.807) is 61.5 Å². The average Bonchev–Trinajstić information content (AvgIpc) is 3.71. The van der Waals surface area contributed by atoms with Crippen LogP contribution < -0.4 is 24.4 Å². The van der Waals surface area contributed by atoms with Crippen LogP contribution >= 0.6 is 22.9 Å². The van der Waals surface area contributed by atoms with Crippen molar-refractivity contribution < 1.29 is 33.0 Å². The molecular formula is C36H29ClN2O8S. The topological polar surface area (TPSA) is 119 Å². The molecule has 0 spiro atoms. The van der Waals surface area contributed by atoms with Crippen LogP contribution in [0.15, 0.2) is 98.6 Å². The van der Waals surface area contributed by atoms with Gasteiger partial charge in [0.25, 0.3) is 5.56 Å². The molecule has 6 rings (SSSR count). The van der Waals surface area contributed by atoms with Gasteiger partial charge in [-0.3, -0.25) is 9.36 Å². The number of fused-ring (bicyclic) bond motifs is 1. The van der Waals surface area contributed by atoms with Crippen LogP contribution in [0.4, 0.5) is 0 Å². The predicted octanol–water partition coefficient (Wildman–Crippen LogP) is 5.65. The molecule has 48 heavy (non-hydrogen) atoms. The second kappa shape index (κ2) is 13.8. The van der Waals surface area contributed by atoms with E-state index in [1.807, 2.05) is 30.3 Å². The number of rotatable bonds is 9. The van der Waals surface area contributed by atoms with Crippen LogP contribution in [0.2, 0.25) is 5.02 Å². The van der Waals surface area contributed by atoms with E-state index in [0.717, 1.165) is 11.3 Å². The number of aromatic nitrogens is 1. The Morgan fingerprint density at radius 2 is 1.73 bits per heavy atom. The molecule has 2 aromatic heterocycles. The van der Waals surface area contributed by atoms with Gasteiger partial charge in [0.2, 0.25) is 0 Å². The second-order valence-corrected chi connectivity index (χ2v) is 11.9. The summed E-state index contributed by atoms with van der Waals surface area (Å²) in [5.41, 5.74) is 2.17. The van der Waals surface area contributed by atoms with E-state index < -0.39 is 23.5 Å². The zero-order chi connectivity index (χ0) is 33.9. The Balaban J connectivity index is 1.57. The third-order valence-corrected chi connectivity index (χ3v) is 8.87. The molecule has 0 bridgehead atoms. The van der Waals surface area contributed by atoms with Crippen LogP contribution in [0.1, 0.15) is 40.2 Å². The van der Waals surface area contributed by atoms with E-state index in [0.29, 0.717) is 59.8 Å². The lowest BCUT2D eigenvalue weighted by molar-refractivity contribution is -0.138. The molecule has 1 atom stereocenters. The number of esters is 2. The fraction of sp³-hybridized carbons (Fsp3) is 0.167. The summed E-state index contributed by atoms with van der Waals surface area (Å²) in [6.45, 7) is 1.84. The van der Waals surface area contributed by atoms with Crippen molar-refractivity contribution in [1.82, 2.24) is 4.57 Å². The van der Waals surface area contributed by atoms with Crippen LogP contribution in [-0.2, 0) is 14.3 Å². The minimum atomic E-state index is -0.918. The molecule has 1 aliphatic rings. The summed E-state index contributed by atoms with van der Waals surface area (Å²) >= 11 is 7.38. The van der Waals surface area contributed by atoms with Crippen molar-refractivity contribution in [2.45, 2.75) is 13.0 Å². The molecule has 0 radical (unpaired) electrons. The molecule has 3 heterocycles. The van der Waals surface area contributed by atoms with Gasteiger partial charge in [-0.25, -0.2) is 14.6 Å². The normalized spacial score (nSPS) is 14.3. The van der Waals surface area contributed by atoms with Crippen LogP contribution in [-0.4, -0.2) is 44.4 Å². The van der Waals surface area contributed by atoms with Gasteiger partial charge >= 0.3 is 11.9 Å². The lowest BCUT2D eigenvalue weighted by atomic mass is 9.93. The number of halogens is 1. The second-order valence-electron chi connectivity index (χ2n) is 10.4. The molecule has 0 fully saturated rings. The Labute approximate surface area is 283 Å². The van der Waals surface area contributed by atoms with E-state index in [2.05, 4.69) is 0 Å². The number of thiazole rings is 1. The molecule has 10 nitrogen and oxygen atoms in total. The van der Waals surface area contributed by atoms with Crippen molar-refractivity contribution in [3.8, 4) is 22.8 Å². The van der Waals surface area contributed by atoms with E-state index in [-0.39, 0.29) is 17.7 Å². The number of carbonyl (C=O) groups excluding carboxylic acids is 2. The van der Waals surface area contributed by atoms with Gasteiger partial charge in [-0.1, -0.05) is 59.3 Å². The Morgan fingerprint density at radius 1 is 0.958 bits per heavy atom. The first kappa shape index (κ1) is 32.5. The molecular weight excluding hydrogens is 656 g/mol. The van der Waals surface area contributed by atoms with Crippen LogP contribution in [0, 0.1) is 0 Å². The molecule has 0 saturated heterocycles. The largest absolute Gasteiger partial charge is 0.493 e. The molecule has 0 aliphatic carbocycles. The number of carbonyl (C=O) groups is 2. The fourth-order valence-corrected chi connectivity index (χ4v) is 6.64. The highest BCUT2D eigenvalue weighted by Crippen LogP contribution is 2.38. The van der Waals surface area contributed by atoms with E-state index in [9.17, 15) is 14.4 Å². The number of ether oxygens (including phenoxy) is 4. The average molecular weight is 685 g/mol. The van der Waals surface area contributed by atoms with Crippen molar-refractivity contribution in [2.24, 2.45) is 4.99 Å². The van der Waals surface area contributed by atoms with Gasteiger partial charge < -0.3 is 23.4 Å². The number of methoxy groups -OCH3 is 3. The summed E-state index contributed by atoms with van der Waals surface area (Å²) in [4.78, 5) is 45.7. The number of furan rings is 1. The van der Waals surface area contributed by atoms with Gasteiger partial charge in [0.05, 0.1) is 55.3 Å². The van der Waals surface area contributed by atoms with Crippen molar-refractivity contribution in [1.29, 1.82) is 0 Å². The summed E-state index contributed by atoms with van der Waals surface area (Å²) in [7, 11) is 4.33. The van der Waals surface area contributed by atoms with Gasteiger partial charge in [0.15, 0.2) is 16.3 Å². The highest BCUT2D eigenvalue weighted by molar-refractivity contribution is 7.07. The van der Waals surface area contributed by atoms with Gasteiger partial charge in [0.1, 0.15) is 11.5 Å². The Hall–Kier alpha value is -5.39. The van der Waals surface area contributed by atoms with Crippen LogP contribution in [0.3, 0.4) is 0 Å². The SMILES string of the molecule is CCOC(=O)C1=C(c2ccccc2)N=c2s/c(=C/c3ccc(-c4cc(Cl)ccc4C(=O)OC)o3)c(=O)n2[C@H]1c1ccc(OC)c(OC)c1. The molecule has 0 amide bonds. The lowest BCUT2D eigenvalue weighted by Gasteiger charge is -2.26. The summed E-state index contributed by atoms with van der Waals surface area (Å²) < 4.78 is 29.4. The standard InChI is InChI=1S/C36H29ClN2O8S/c1-5-46-35(42)30-31(20-9-7-6-8-10-20)38-36-39(32(30)21-11-15-27(43-2)28(17-21)44-3)33(40)29(48-36)19-23-13-16-26(47-23)25-18-22(37)12-14-24(25)34(41)45-4/h6-19,32H,5H2,1-4H3/b29-19+/t32-/m0/s1. The summed E-state index contributed by atoms with van der Waals surface area (Å²) in [5, 5.41) is 0.408. The molecule has 5 aromatic rings. The molecule has 12 heteroatoms. The maximum absolute atomic E-state index is 14.3. The third-order valence-electron chi connectivity index (χ3n) is 7.65. The molecule has 0 N–H and O–H groups in total. The number of benzene rings is 3. The quantitative estimate of drug-likeness (QED) is 0.183. The van der Waals surface area contributed by atoms with Crippen molar-refractivity contribution >= 4 is 46.6 Å². The third kappa shape index (κ3) is 6.05. The van der Waals surface area contributed by atoms with Crippen molar-refractivity contribution in [2.75, 3.05) is 27.9 Å². The van der Waals surface area contributed by atoms with Gasteiger partial charge in [-0.15, -0.1) is 0 Å². The highest BCUT2D eigenvalue weighted by Gasteiger charge is 2.35. The maximum atomic E-state index is 14.3. The zero-order valence-electron chi connectivity index (χ0n) is 26.3. The number of hydrogen-bond donors (Lipinski definition) is 0. The Kier molecular flexibility index (Phi) is 9.33. The van der Waals surface area contributed by atoms with Gasteiger partial charge in [0, 0.05) is 22.2 Å². The van der Waals surface area contributed by atoms with E-state index >= 15 is 0 Å². The summed E-state index contributed by atoms with van der Waals surface area (Å²) in [6.07, 6.45) is 1.59. The molecule has 1 aliphatic heterocycles. The molecule has 3 aromatic carbocycles. The maximum Gasteiger partial charge on any atom is 0.338 e. The van der Waals surface area contributed by atoms with Crippen molar-refractivity contribution in [3.05, 3.63) is 132 Å². The first-order valence-electron chi connectivity index (χ1n) is 14.8. The van der Waals surface area contributed by atoms with Gasteiger partial charge in [-0.05, 0) is 55.0 Å².